The molecule has 120 valence electrons. The summed E-state index contributed by atoms with van der Waals surface area (Å²) in [4.78, 5) is 20.9. The first-order valence-corrected chi connectivity index (χ1v) is 7.58. The van der Waals surface area contributed by atoms with Crippen LogP contribution in [-0.4, -0.2) is 49.0 Å². The molecule has 1 fully saturated rings. The van der Waals surface area contributed by atoms with Gasteiger partial charge in [0.15, 0.2) is 0 Å². The maximum Gasteiger partial charge on any atom is 0.274 e. The molecule has 1 N–H and O–H groups in total. The van der Waals surface area contributed by atoms with Crippen LogP contribution in [0.15, 0.2) is 42.6 Å². The maximum atomic E-state index is 12.9. The molecule has 1 aromatic carbocycles. The third-order valence-electron chi connectivity index (χ3n) is 3.95. The van der Waals surface area contributed by atoms with Gasteiger partial charge in [-0.2, -0.15) is 0 Å². The average molecular weight is 314 g/mol. The van der Waals surface area contributed by atoms with Crippen molar-refractivity contribution in [1.29, 1.82) is 0 Å². The molecule has 1 aliphatic rings. The summed E-state index contributed by atoms with van der Waals surface area (Å²) in [6.07, 6.45) is 1.73. The third-order valence-corrected chi connectivity index (χ3v) is 3.95. The lowest BCUT2D eigenvalue weighted by molar-refractivity contribution is 0.102. The Morgan fingerprint density at radius 2 is 1.78 bits per heavy atom. The highest BCUT2D eigenvalue weighted by Gasteiger charge is 2.15. The molecule has 1 amide bonds. The Kier molecular flexibility index (Phi) is 4.52. The number of nitrogens with one attached hydrogen (secondary N) is 1. The van der Waals surface area contributed by atoms with E-state index in [-0.39, 0.29) is 11.7 Å². The zero-order valence-corrected chi connectivity index (χ0v) is 13.0. The number of nitrogens with zero attached hydrogens (tertiary/aromatic N) is 3. The number of carbonyl (C=O) groups excluding carboxylic acids is 1. The lowest BCUT2D eigenvalue weighted by atomic mass is 10.2. The number of hydrogen-bond acceptors (Lipinski definition) is 4. The summed E-state index contributed by atoms with van der Waals surface area (Å²) >= 11 is 0. The number of likely N-dealkylation sites (N-methyl/N-ethyl adjacent to an activating group) is 1. The van der Waals surface area contributed by atoms with E-state index >= 15 is 0 Å². The van der Waals surface area contributed by atoms with Crippen LogP contribution >= 0.6 is 0 Å². The molecule has 3 rings (SSSR count). The quantitative estimate of drug-likeness (QED) is 0.944. The molecule has 0 radical (unpaired) electrons. The maximum absolute atomic E-state index is 12.9. The number of piperazine rings is 1. The van der Waals surface area contributed by atoms with Gasteiger partial charge >= 0.3 is 0 Å². The van der Waals surface area contributed by atoms with Crippen LogP contribution in [-0.2, 0) is 0 Å². The highest BCUT2D eigenvalue weighted by molar-refractivity contribution is 6.02. The van der Waals surface area contributed by atoms with E-state index in [2.05, 4.69) is 27.1 Å². The first kappa shape index (κ1) is 15.4. The Morgan fingerprint density at radius 1 is 1.09 bits per heavy atom. The fourth-order valence-electron chi connectivity index (χ4n) is 2.50. The van der Waals surface area contributed by atoms with Crippen molar-refractivity contribution in [2.45, 2.75) is 0 Å². The molecule has 1 aliphatic heterocycles. The summed E-state index contributed by atoms with van der Waals surface area (Å²) < 4.78 is 12.9. The summed E-state index contributed by atoms with van der Waals surface area (Å²) in [6.45, 7) is 3.96. The predicted molar refractivity (Wildman–Crippen MR) is 88.3 cm³/mol. The second-order valence-electron chi connectivity index (χ2n) is 5.65. The smallest absolute Gasteiger partial charge is 0.274 e. The molecule has 5 nitrogen and oxygen atoms in total. The minimum Gasteiger partial charge on any atom is -0.368 e. The Morgan fingerprint density at radius 3 is 2.39 bits per heavy atom. The number of benzene rings is 1. The van der Waals surface area contributed by atoms with E-state index in [0.717, 1.165) is 31.9 Å². The van der Waals surface area contributed by atoms with Crippen molar-refractivity contribution in [3.8, 4) is 0 Å². The van der Waals surface area contributed by atoms with Crippen LogP contribution in [0.4, 0.5) is 15.8 Å². The number of rotatable bonds is 3. The molecule has 0 spiro atoms. The van der Waals surface area contributed by atoms with Gasteiger partial charge in [0.05, 0.1) is 11.9 Å². The minimum atomic E-state index is -0.336. The molecule has 0 aliphatic carbocycles. The fourth-order valence-corrected chi connectivity index (χ4v) is 2.50. The number of anilines is 2. The van der Waals surface area contributed by atoms with Crippen molar-refractivity contribution in [1.82, 2.24) is 9.88 Å². The highest BCUT2D eigenvalue weighted by Crippen LogP contribution is 2.16. The van der Waals surface area contributed by atoms with Crippen molar-refractivity contribution in [3.63, 3.8) is 0 Å². The van der Waals surface area contributed by atoms with Crippen LogP contribution in [0.1, 0.15) is 10.5 Å². The lowest BCUT2D eigenvalue weighted by Gasteiger charge is -2.33. The minimum absolute atomic E-state index is 0.304. The molecule has 0 atom stereocenters. The van der Waals surface area contributed by atoms with E-state index < -0.39 is 0 Å². The van der Waals surface area contributed by atoms with Gasteiger partial charge in [0, 0.05) is 31.9 Å². The van der Waals surface area contributed by atoms with Gasteiger partial charge in [-0.25, -0.2) is 9.37 Å². The first-order chi connectivity index (χ1) is 11.1. The monoisotopic (exact) mass is 314 g/mol. The van der Waals surface area contributed by atoms with Gasteiger partial charge in [-0.05, 0) is 43.4 Å². The molecule has 1 aromatic heterocycles. The van der Waals surface area contributed by atoms with Gasteiger partial charge in [0.1, 0.15) is 11.5 Å². The van der Waals surface area contributed by atoms with E-state index in [1.807, 2.05) is 6.07 Å². The van der Waals surface area contributed by atoms with E-state index in [4.69, 9.17) is 0 Å². The Balaban J connectivity index is 1.64. The van der Waals surface area contributed by atoms with E-state index in [9.17, 15) is 9.18 Å². The summed E-state index contributed by atoms with van der Waals surface area (Å²) in [5, 5.41) is 2.70. The summed E-state index contributed by atoms with van der Waals surface area (Å²) in [6, 6.07) is 9.28. The first-order valence-electron chi connectivity index (χ1n) is 7.58. The number of halogens is 1. The Bertz CT molecular complexity index is 664. The molecule has 2 heterocycles. The second-order valence-corrected chi connectivity index (χ2v) is 5.65. The fraction of sp³-hybridized carbons (Fsp3) is 0.294. The molecule has 0 unspecified atom stereocenters. The van der Waals surface area contributed by atoms with Crippen molar-refractivity contribution in [2.75, 3.05) is 43.4 Å². The second kappa shape index (κ2) is 6.75. The standard InChI is InChI=1S/C17H19FN4O/c1-21-8-10-22(11-9-21)15-6-7-16(19-12-15)17(23)20-14-4-2-13(18)3-5-14/h2-7,12H,8-11H2,1H3,(H,20,23). The topological polar surface area (TPSA) is 48.5 Å². The number of amides is 1. The van der Waals surface area contributed by atoms with E-state index in [1.165, 1.54) is 24.3 Å². The molecular formula is C17H19FN4O. The van der Waals surface area contributed by atoms with Crippen LogP contribution in [0.5, 0.6) is 0 Å². The van der Waals surface area contributed by atoms with Gasteiger partial charge in [-0.15, -0.1) is 0 Å². The van der Waals surface area contributed by atoms with Crippen LogP contribution in [0, 0.1) is 5.82 Å². The highest BCUT2D eigenvalue weighted by atomic mass is 19.1. The summed E-state index contributed by atoms with van der Waals surface area (Å²) in [7, 11) is 2.11. The molecule has 0 saturated carbocycles. The van der Waals surface area contributed by atoms with Crippen LogP contribution < -0.4 is 10.2 Å². The SMILES string of the molecule is CN1CCN(c2ccc(C(=O)Nc3ccc(F)cc3)nc2)CC1. The molecular weight excluding hydrogens is 295 g/mol. The largest absolute Gasteiger partial charge is 0.368 e. The van der Waals surface area contributed by atoms with Gasteiger partial charge < -0.3 is 15.1 Å². The third kappa shape index (κ3) is 3.84. The summed E-state index contributed by atoms with van der Waals surface area (Å²) in [5.41, 5.74) is 1.91. The number of pyridine rings is 1. The normalized spacial score (nSPS) is 15.5. The summed E-state index contributed by atoms with van der Waals surface area (Å²) in [5.74, 6) is -0.640. The number of aromatic nitrogens is 1. The van der Waals surface area contributed by atoms with Crippen molar-refractivity contribution < 1.29 is 9.18 Å². The van der Waals surface area contributed by atoms with Crippen LogP contribution in [0.2, 0.25) is 0 Å². The molecule has 1 saturated heterocycles. The lowest BCUT2D eigenvalue weighted by Crippen LogP contribution is -2.44. The van der Waals surface area contributed by atoms with Crippen molar-refractivity contribution >= 4 is 17.3 Å². The van der Waals surface area contributed by atoms with Gasteiger partial charge in [0.25, 0.3) is 5.91 Å². The molecule has 6 heteroatoms. The van der Waals surface area contributed by atoms with Gasteiger partial charge in [-0.3, -0.25) is 4.79 Å². The van der Waals surface area contributed by atoms with E-state index in [0.29, 0.717) is 11.4 Å². The van der Waals surface area contributed by atoms with Gasteiger partial charge in [0.2, 0.25) is 0 Å². The number of carbonyl (C=O) groups is 1. The van der Waals surface area contributed by atoms with Gasteiger partial charge in [-0.1, -0.05) is 0 Å². The average Bonchev–Trinajstić information content (AvgIpc) is 2.58. The van der Waals surface area contributed by atoms with Crippen molar-refractivity contribution in [2.24, 2.45) is 0 Å². The van der Waals surface area contributed by atoms with Crippen molar-refractivity contribution in [3.05, 3.63) is 54.1 Å². The zero-order valence-electron chi connectivity index (χ0n) is 13.0. The molecule has 23 heavy (non-hydrogen) atoms. The Hall–Kier alpha value is -2.47. The zero-order chi connectivity index (χ0) is 16.2. The molecule has 0 bridgehead atoms. The predicted octanol–water partition coefficient (Wildman–Crippen LogP) is 2.22. The Labute approximate surface area is 134 Å². The van der Waals surface area contributed by atoms with E-state index in [1.54, 1.807) is 12.3 Å². The molecule has 2 aromatic rings. The number of hydrogen-bond donors (Lipinski definition) is 1. The van der Waals surface area contributed by atoms with Crippen LogP contribution in [0.25, 0.3) is 0 Å². The van der Waals surface area contributed by atoms with Crippen LogP contribution in [0.3, 0.4) is 0 Å².